The van der Waals surface area contributed by atoms with Crippen molar-refractivity contribution in [2.24, 2.45) is 0 Å². The molecule has 21 heavy (non-hydrogen) atoms. The molecule has 1 N–H and O–H groups in total. The predicted molar refractivity (Wildman–Crippen MR) is 84.0 cm³/mol. The van der Waals surface area contributed by atoms with Crippen LogP contribution in [-0.4, -0.2) is 31.6 Å². The second kappa shape index (κ2) is 5.77. The van der Waals surface area contributed by atoms with E-state index in [1.54, 1.807) is 25.5 Å². The molecule has 1 aromatic heterocycles. The van der Waals surface area contributed by atoms with Crippen molar-refractivity contribution in [2.75, 3.05) is 20.7 Å². The molecule has 1 atom stereocenters. The fourth-order valence-corrected chi connectivity index (χ4v) is 3.73. The number of nitrogens with zero attached hydrogens (tertiary/aromatic N) is 1. The van der Waals surface area contributed by atoms with Crippen LogP contribution in [0.1, 0.15) is 22.0 Å². The number of rotatable bonds is 2. The third kappa shape index (κ3) is 2.49. The van der Waals surface area contributed by atoms with E-state index < -0.39 is 0 Å². The van der Waals surface area contributed by atoms with Gasteiger partial charge in [0.05, 0.1) is 13.2 Å². The average molecular weight is 302 g/mol. The van der Waals surface area contributed by atoms with Crippen LogP contribution in [0.3, 0.4) is 0 Å². The van der Waals surface area contributed by atoms with Gasteiger partial charge >= 0.3 is 6.03 Å². The van der Waals surface area contributed by atoms with Crippen molar-refractivity contribution < 1.29 is 9.53 Å². The lowest BCUT2D eigenvalue weighted by Gasteiger charge is -2.36. The lowest BCUT2D eigenvalue weighted by molar-refractivity contribution is 0.183. The lowest BCUT2D eigenvalue weighted by Crippen LogP contribution is -2.44. The molecule has 0 fully saturated rings. The van der Waals surface area contributed by atoms with Gasteiger partial charge in [0.15, 0.2) is 0 Å². The summed E-state index contributed by atoms with van der Waals surface area (Å²) in [4.78, 5) is 15.5. The first-order chi connectivity index (χ1) is 10.2. The average Bonchev–Trinajstić information content (AvgIpc) is 3.02. The Morgan fingerprint density at radius 1 is 1.33 bits per heavy atom. The number of fused-ring (bicyclic) bond motifs is 1. The highest BCUT2D eigenvalue weighted by molar-refractivity contribution is 7.10. The minimum absolute atomic E-state index is 0.0224. The summed E-state index contributed by atoms with van der Waals surface area (Å²) in [6.45, 7) is 0.740. The van der Waals surface area contributed by atoms with E-state index in [9.17, 15) is 4.79 Å². The number of carbonyl (C=O) groups is 1. The van der Waals surface area contributed by atoms with Crippen LogP contribution in [0, 0.1) is 0 Å². The molecule has 2 amide bonds. The first kappa shape index (κ1) is 13.9. The summed E-state index contributed by atoms with van der Waals surface area (Å²) in [5.74, 6) is 0.826. The normalized spacial score (nSPS) is 17.2. The number of ether oxygens (including phenoxy) is 1. The van der Waals surface area contributed by atoms with E-state index in [-0.39, 0.29) is 12.1 Å². The van der Waals surface area contributed by atoms with Crippen LogP contribution in [0.5, 0.6) is 5.75 Å². The topological polar surface area (TPSA) is 41.6 Å². The first-order valence-electron chi connectivity index (χ1n) is 6.93. The molecule has 2 heterocycles. The van der Waals surface area contributed by atoms with E-state index in [0.29, 0.717) is 0 Å². The van der Waals surface area contributed by atoms with Crippen LogP contribution in [0.25, 0.3) is 0 Å². The molecule has 0 spiro atoms. The zero-order valence-corrected chi connectivity index (χ0v) is 12.9. The highest BCUT2D eigenvalue weighted by Crippen LogP contribution is 2.38. The van der Waals surface area contributed by atoms with Gasteiger partial charge in [-0.05, 0) is 41.1 Å². The van der Waals surface area contributed by atoms with E-state index >= 15 is 0 Å². The maximum atomic E-state index is 12.2. The Balaban J connectivity index is 2.03. The van der Waals surface area contributed by atoms with Crippen LogP contribution >= 0.6 is 11.3 Å². The Morgan fingerprint density at radius 2 is 2.10 bits per heavy atom. The molecular formula is C16H18N2O2S. The first-order valence-corrected chi connectivity index (χ1v) is 7.81. The summed E-state index contributed by atoms with van der Waals surface area (Å²) >= 11 is 1.77. The second-order valence-corrected chi connectivity index (χ2v) is 5.97. The Bertz CT molecular complexity index is 636. The number of amides is 2. The summed E-state index contributed by atoms with van der Waals surface area (Å²) in [6, 6.07) is 10.0. The maximum Gasteiger partial charge on any atom is 0.317 e. The van der Waals surface area contributed by atoms with Crippen LogP contribution < -0.4 is 10.1 Å². The van der Waals surface area contributed by atoms with E-state index in [1.807, 2.05) is 29.2 Å². The summed E-state index contributed by atoms with van der Waals surface area (Å²) in [6.07, 6.45) is 0.924. The summed E-state index contributed by atoms with van der Waals surface area (Å²) in [5.41, 5.74) is 2.35. The minimum Gasteiger partial charge on any atom is -0.497 e. The quantitative estimate of drug-likeness (QED) is 0.926. The molecule has 5 heteroatoms. The molecule has 0 radical (unpaired) electrons. The van der Waals surface area contributed by atoms with E-state index in [2.05, 4.69) is 16.8 Å². The predicted octanol–water partition coefficient (Wildman–Crippen LogP) is 3.04. The summed E-state index contributed by atoms with van der Waals surface area (Å²) < 4.78 is 5.22. The molecule has 1 aliphatic rings. The third-order valence-electron chi connectivity index (χ3n) is 3.87. The Hall–Kier alpha value is -2.01. The van der Waals surface area contributed by atoms with Crippen LogP contribution in [0.15, 0.2) is 35.7 Å². The van der Waals surface area contributed by atoms with Gasteiger partial charge in [-0.3, -0.25) is 0 Å². The fraction of sp³-hybridized carbons (Fsp3) is 0.312. The number of methoxy groups -OCH3 is 1. The van der Waals surface area contributed by atoms with Gasteiger partial charge in [0.2, 0.25) is 0 Å². The van der Waals surface area contributed by atoms with Crippen molar-refractivity contribution in [1.82, 2.24) is 10.2 Å². The zero-order valence-electron chi connectivity index (χ0n) is 12.1. The molecule has 1 aliphatic heterocycles. The van der Waals surface area contributed by atoms with Gasteiger partial charge in [0, 0.05) is 18.5 Å². The van der Waals surface area contributed by atoms with Gasteiger partial charge in [0.1, 0.15) is 5.75 Å². The van der Waals surface area contributed by atoms with Crippen molar-refractivity contribution in [1.29, 1.82) is 0 Å². The third-order valence-corrected chi connectivity index (χ3v) is 4.87. The van der Waals surface area contributed by atoms with E-state index in [4.69, 9.17) is 4.74 Å². The van der Waals surface area contributed by atoms with Crippen molar-refractivity contribution in [3.05, 3.63) is 51.7 Å². The molecule has 1 unspecified atom stereocenters. The highest BCUT2D eigenvalue weighted by atomic mass is 32.1. The smallest absolute Gasteiger partial charge is 0.317 e. The van der Waals surface area contributed by atoms with Crippen molar-refractivity contribution in [3.63, 3.8) is 0 Å². The van der Waals surface area contributed by atoms with Crippen molar-refractivity contribution in [2.45, 2.75) is 12.5 Å². The highest BCUT2D eigenvalue weighted by Gasteiger charge is 2.32. The van der Waals surface area contributed by atoms with Crippen molar-refractivity contribution in [3.8, 4) is 5.75 Å². The Kier molecular flexibility index (Phi) is 3.84. The standard InChI is InChI=1S/C16H18N2O2S/c1-17-16(19)18-9-7-14-13(8-10-21-14)15(18)11-3-5-12(20-2)6-4-11/h3-6,8,10,15H,7,9H2,1-2H3,(H,17,19). The van der Waals surface area contributed by atoms with E-state index in [0.717, 1.165) is 24.3 Å². The molecule has 3 rings (SSSR count). The Labute approximate surface area is 128 Å². The number of benzene rings is 1. The Morgan fingerprint density at radius 3 is 2.76 bits per heavy atom. The minimum atomic E-state index is -0.0346. The molecule has 1 aromatic carbocycles. The largest absolute Gasteiger partial charge is 0.497 e. The number of nitrogens with one attached hydrogen (secondary N) is 1. The van der Waals surface area contributed by atoms with Crippen LogP contribution in [-0.2, 0) is 6.42 Å². The number of carbonyl (C=O) groups excluding carboxylic acids is 1. The second-order valence-electron chi connectivity index (χ2n) is 4.97. The van der Waals surface area contributed by atoms with Gasteiger partial charge < -0.3 is 15.0 Å². The van der Waals surface area contributed by atoms with E-state index in [1.165, 1.54) is 10.4 Å². The van der Waals surface area contributed by atoms with Crippen molar-refractivity contribution >= 4 is 17.4 Å². The lowest BCUT2D eigenvalue weighted by atomic mass is 9.93. The van der Waals surface area contributed by atoms with Crippen LogP contribution in [0.4, 0.5) is 4.79 Å². The van der Waals surface area contributed by atoms with Gasteiger partial charge in [0.25, 0.3) is 0 Å². The number of hydrogen-bond acceptors (Lipinski definition) is 3. The van der Waals surface area contributed by atoms with Crippen LogP contribution in [0.2, 0.25) is 0 Å². The molecule has 4 nitrogen and oxygen atoms in total. The molecular weight excluding hydrogens is 284 g/mol. The van der Waals surface area contributed by atoms with Gasteiger partial charge in [-0.15, -0.1) is 11.3 Å². The molecule has 0 saturated heterocycles. The number of hydrogen-bond donors (Lipinski definition) is 1. The number of urea groups is 1. The molecule has 2 aromatic rings. The molecule has 0 aliphatic carbocycles. The SMILES string of the molecule is CNC(=O)N1CCc2sccc2C1c1ccc(OC)cc1. The zero-order chi connectivity index (χ0) is 14.8. The molecule has 0 saturated carbocycles. The summed E-state index contributed by atoms with van der Waals surface area (Å²) in [7, 11) is 3.33. The number of thiophene rings is 1. The maximum absolute atomic E-state index is 12.2. The van der Waals surface area contributed by atoms with Gasteiger partial charge in [-0.2, -0.15) is 0 Å². The monoisotopic (exact) mass is 302 g/mol. The molecule has 0 bridgehead atoms. The molecule has 110 valence electrons. The van der Waals surface area contributed by atoms with Gasteiger partial charge in [-0.1, -0.05) is 12.1 Å². The summed E-state index contributed by atoms with van der Waals surface area (Å²) in [5, 5.41) is 4.85. The fourth-order valence-electron chi connectivity index (χ4n) is 2.82. The van der Waals surface area contributed by atoms with Gasteiger partial charge in [-0.25, -0.2) is 4.79 Å².